The maximum absolute atomic E-state index is 13.5. The fraction of sp³-hybridized carbons (Fsp3) is 0.286. The number of alkyl halides is 3. The number of halogens is 3. The molecule has 1 unspecified atom stereocenters. The van der Waals surface area contributed by atoms with Crippen LogP contribution in [0.5, 0.6) is 11.5 Å². The summed E-state index contributed by atoms with van der Waals surface area (Å²) < 4.78 is 50.3. The molecule has 206 valence electrons. The molecule has 0 aliphatic carbocycles. The van der Waals surface area contributed by atoms with Gasteiger partial charge in [-0.3, -0.25) is 9.59 Å². The minimum atomic E-state index is -4.69. The second kappa shape index (κ2) is 13.3. The van der Waals surface area contributed by atoms with E-state index in [2.05, 4.69) is 5.32 Å². The van der Waals surface area contributed by atoms with Crippen molar-refractivity contribution in [3.8, 4) is 11.5 Å². The molecule has 0 saturated carbocycles. The number of nitrogens with one attached hydrogen (secondary N) is 1. The lowest BCUT2D eigenvalue weighted by atomic mass is 9.75. The van der Waals surface area contributed by atoms with Gasteiger partial charge in [0.25, 0.3) is 0 Å². The molecular weight excluding hydrogens is 514 g/mol. The number of rotatable bonds is 12. The molecule has 7 nitrogen and oxygen atoms in total. The van der Waals surface area contributed by atoms with Crippen LogP contribution in [0, 0.1) is 5.92 Å². The molecule has 3 N–H and O–H groups in total. The molecule has 0 radical (unpaired) electrons. The highest BCUT2D eigenvalue weighted by molar-refractivity contribution is 6.43. The minimum Gasteiger partial charge on any atom is -0.497 e. The van der Waals surface area contributed by atoms with Crippen LogP contribution < -0.4 is 14.8 Å². The van der Waals surface area contributed by atoms with Gasteiger partial charge in [-0.1, -0.05) is 36.4 Å². The summed E-state index contributed by atoms with van der Waals surface area (Å²) >= 11 is 0. The lowest BCUT2D eigenvalue weighted by molar-refractivity contribution is -0.138. The van der Waals surface area contributed by atoms with Crippen LogP contribution in [-0.4, -0.2) is 49.0 Å². The summed E-state index contributed by atoms with van der Waals surface area (Å²) in [5, 5.41) is 22.4. The first-order chi connectivity index (χ1) is 18.5. The highest BCUT2D eigenvalue weighted by Gasteiger charge is 2.35. The number of benzene rings is 3. The van der Waals surface area contributed by atoms with E-state index in [1.807, 2.05) is 6.07 Å². The number of carbonyl (C=O) groups excluding carboxylic acids is 2. The zero-order valence-corrected chi connectivity index (χ0v) is 21.4. The van der Waals surface area contributed by atoms with Crippen molar-refractivity contribution in [2.75, 3.05) is 14.2 Å². The Morgan fingerprint density at radius 3 is 2.13 bits per heavy atom. The van der Waals surface area contributed by atoms with E-state index in [4.69, 9.17) is 9.47 Å². The number of ketones is 1. The zero-order valence-electron chi connectivity index (χ0n) is 21.4. The van der Waals surface area contributed by atoms with Crippen molar-refractivity contribution >= 4 is 18.8 Å². The molecule has 0 aromatic heterocycles. The highest BCUT2D eigenvalue weighted by Crippen LogP contribution is 2.37. The Balaban J connectivity index is 1.82. The van der Waals surface area contributed by atoms with Gasteiger partial charge < -0.3 is 24.8 Å². The average Bonchev–Trinajstić information content (AvgIpc) is 2.92. The maximum Gasteiger partial charge on any atom is 0.475 e. The van der Waals surface area contributed by atoms with E-state index in [-0.39, 0.29) is 36.4 Å². The molecule has 0 aliphatic rings. The van der Waals surface area contributed by atoms with Crippen LogP contribution in [0.15, 0.2) is 72.8 Å². The van der Waals surface area contributed by atoms with Crippen molar-refractivity contribution < 1.29 is 42.3 Å². The molecule has 3 aromatic rings. The average molecular weight is 543 g/mol. The third kappa shape index (κ3) is 8.33. The smallest absolute Gasteiger partial charge is 0.475 e. The topological polar surface area (TPSA) is 105 Å². The highest BCUT2D eigenvalue weighted by atomic mass is 19.4. The molecule has 0 bridgehead atoms. The Morgan fingerprint density at radius 2 is 1.56 bits per heavy atom. The van der Waals surface area contributed by atoms with Gasteiger partial charge >= 0.3 is 13.3 Å². The second-order valence-electron chi connectivity index (χ2n) is 9.01. The van der Waals surface area contributed by atoms with Gasteiger partial charge in [0.2, 0.25) is 5.91 Å². The third-order valence-corrected chi connectivity index (χ3v) is 6.25. The molecule has 0 aliphatic heterocycles. The van der Waals surface area contributed by atoms with E-state index in [9.17, 15) is 32.8 Å². The van der Waals surface area contributed by atoms with Crippen LogP contribution in [0.4, 0.5) is 13.2 Å². The Kier molecular flexibility index (Phi) is 10.1. The zero-order chi connectivity index (χ0) is 28.6. The molecule has 39 heavy (non-hydrogen) atoms. The summed E-state index contributed by atoms with van der Waals surface area (Å²) in [6.07, 6.45) is -4.99. The van der Waals surface area contributed by atoms with Gasteiger partial charge in [-0.25, -0.2) is 0 Å². The van der Waals surface area contributed by atoms with Gasteiger partial charge in [0, 0.05) is 17.9 Å². The summed E-state index contributed by atoms with van der Waals surface area (Å²) in [7, 11) is 0.545. The molecule has 3 aromatic carbocycles. The fourth-order valence-electron chi connectivity index (χ4n) is 4.16. The number of carbonyl (C=O) groups is 2. The molecule has 11 heteroatoms. The van der Waals surface area contributed by atoms with Crippen molar-refractivity contribution in [2.24, 2.45) is 5.92 Å². The summed E-state index contributed by atoms with van der Waals surface area (Å²) in [4.78, 5) is 26.4. The quantitative estimate of drug-likeness (QED) is 0.237. The maximum atomic E-state index is 13.5. The lowest BCUT2D eigenvalue weighted by Crippen LogP contribution is -2.50. The molecule has 0 spiro atoms. The monoisotopic (exact) mass is 543 g/mol. The predicted octanol–water partition coefficient (Wildman–Crippen LogP) is 3.89. The molecule has 3 rings (SSSR count). The Morgan fingerprint density at radius 1 is 0.897 bits per heavy atom. The van der Waals surface area contributed by atoms with Crippen LogP contribution in [-0.2, 0) is 23.8 Å². The number of ether oxygens (including phenoxy) is 2. The first-order valence-corrected chi connectivity index (χ1v) is 12.1. The van der Waals surface area contributed by atoms with Gasteiger partial charge in [-0.2, -0.15) is 13.2 Å². The first-order valence-electron chi connectivity index (χ1n) is 12.1. The second-order valence-corrected chi connectivity index (χ2v) is 9.01. The summed E-state index contributed by atoms with van der Waals surface area (Å²) in [6, 6.07) is 18.7. The van der Waals surface area contributed by atoms with E-state index in [1.54, 1.807) is 48.5 Å². The number of hydrogen-bond acceptors (Lipinski definition) is 6. The van der Waals surface area contributed by atoms with Crippen molar-refractivity contribution in [1.29, 1.82) is 0 Å². The van der Waals surface area contributed by atoms with Crippen LogP contribution in [0.3, 0.4) is 0 Å². The Bertz CT molecular complexity index is 1250. The number of methoxy groups -OCH3 is 2. The molecule has 0 fully saturated rings. The van der Waals surface area contributed by atoms with Crippen molar-refractivity contribution in [2.45, 2.75) is 31.4 Å². The van der Waals surface area contributed by atoms with Crippen LogP contribution in [0.25, 0.3) is 0 Å². The minimum absolute atomic E-state index is 0.107. The SMILES string of the molecule is COc1ccc(C(=O)CC(Cc2ccccc2)C(=O)N[C@@H](Cc2ccc(OC)c(C(F)(F)F)c2)B(O)O)cc1. The van der Waals surface area contributed by atoms with Gasteiger partial charge in [-0.05, 0) is 60.4 Å². The molecule has 1 amide bonds. The van der Waals surface area contributed by atoms with E-state index in [0.717, 1.165) is 24.8 Å². The number of hydrogen-bond donors (Lipinski definition) is 3. The lowest BCUT2D eigenvalue weighted by Gasteiger charge is -2.23. The molecule has 0 heterocycles. The summed E-state index contributed by atoms with van der Waals surface area (Å²) in [6.45, 7) is 0. The predicted molar refractivity (Wildman–Crippen MR) is 139 cm³/mol. The van der Waals surface area contributed by atoms with Crippen molar-refractivity contribution in [3.05, 3.63) is 95.1 Å². The van der Waals surface area contributed by atoms with Crippen molar-refractivity contribution in [3.63, 3.8) is 0 Å². The first kappa shape index (κ1) is 29.7. The normalized spacial score (nSPS) is 12.8. The Labute approximate surface area is 224 Å². The van der Waals surface area contributed by atoms with Gasteiger partial charge in [0.05, 0.1) is 25.7 Å². The largest absolute Gasteiger partial charge is 0.497 e. The molecular formula is C28H29BF3NO6. The van der Waals surface area contributed by atoms with Crippen LogP contribution in [0.2, 0.25) is 0 Å². The van der Waals surface area contributed by atoms with Gasteiger partial charge in [-0.15, -0.1) is 0 Å². The van der Waals surface area contributed by atoms with Crippen LogP contribution >= 0.6 is 0 Å². The van der Waals surface area contributed by atoms with E-state index < -0.39 is 36.6 Å². The summed E-state index contributed by atoms with van der Waals surface area (Å²) in [5.74, 6) is -2.97. The standard InChI is InChI=1S/C28H29BF3NO6/c1-38-22-11-9-20(10-12-22)24(34)17-21(14-18-6-4-3-5-7-18)27(35)33-26(29(36)37)16-19-8-13-25(39-2)23(15-19)28(30,31)32/h3-13,15,21,26,36-37H,14,16-17H2,1-2H3,(H,33,35)/t21?,26-/m0/s1. The van der Waals surface area contributed by atoms with E-state index >= 15 is 0 Å². The Hall–Kier alpha value is -3.83. The number of amides is 1. The van der Waals surface area contributed by atoms with Crippen molar-refractivity contribution in [1.82, 2.24) is 5.32 Å². The van der Waals surface area contributed by atoms with Gasteiger partial charge in [0.1, 0.15) is 11.5 Å². The summed E-state index contributed by atoms with van der Waals surface area (Å²) in [5.41, 5.74) is 0.243. The molecule has 0 saturated heterocycles. The third-order valence-electron chi connectivity index (χ3n) is 6.25. The fourth-order valence-corrected chi connectivity index (χ4v) is 4.16. The number of Topliss-reactive ketones (excluding diaryl/α,β-unsaturated/α-hetero) is 1. The van der Waals surface area contributed by atoms with Crippen LogP contribution in [0.1, 0.15) is 33.5 Å². The van der Waals surface area contributed by atoms with E-state index in [0.29, 0.717) is 11.3 Å². The van der Waals surface area contributed by atoms with Gasteiger partial charge in [0.15, 0.2) is 5.78 Å². The molecule has 2 atom stereocenters. The van der Waals surface area contributed by atoms with E-state index in [1.165, 1.54) is 13.2 Å².